The Kier molecular flexibility index (Phi) is 4.21. The van der Waals surface area contributed by atoms with Crippen molar-refractivity contribution in [1.82, 2.24) is 0 Å². The van der Waals surface area contributed by atoms with Crippen LogP contribution in [0.4, 0.5) is 0 Å². The first-order valence-electron chi connectivity index (χ1n) is 4.15. The zero-order valence-corrected chi connectivity index (χ0v) is 9.04. The molecular weight excluding hydrogens is 200 g/mol. The molecule has 1 rings (SSSR count). The zero-order chi connectivity index (χ0) is 9.68. The average Bonchev–Trinajstić information content (AvgIpc) is 2.18. The predicted octanol–water partition coefficient (Wildman–Crippen LogP) is 2.89. The number of nitrogens with zero attached hydrogens (tertiary/aromatic N) is 2. The number of hydrogen-bond acceptors (Lipinski definition) is 4. The largest absolute Gasteiger partial charge is 0.192 e. The number of thioether (sulfide) groups is 2. The summed E-state index contributed by atoms with van der Waals surface area (Å²) in [6, 6.07) is 4.16. The van der Waals surface area contributed by atoms with Crippen LogP contribution in [-0.2, 0) is 0 Å². The standard InChI is InChI=1S/C9H10N2S2/c1-2-3-7-6-12-8(4-10)9(5-11)13-7/h7H,2-3,6H2,1H3. The van der Waals surface area contributed by atoms with E-state index in [0.717, 1.165) is 18.6 Å². The van der Waals surface area contributed by atoms with Gasteiger partial charge in [0, 0.05) is 11.0 Å². The fourth-order valence-electron chi connectivity index (χ4n) is 1.12. The normalized spacial score (nSPS) is 22.2. The van der Waals surface area contributed by atoms with Gasteiger partial charge >= 0.3 is 0 Å². The molecule has 0 saturated heterocycles. The van der Waals surface area contributed by atoms with Crippen molar-refractivity contribution in [3.05, 3.63) is 9.81 Å². The highest BCUT2D eigenvalue weighted by Crippen LogP contribution is 2.39. The summed E-state index contributed by atoms with van der Waals surface area (Å²) < 4.78 is 0. The van der Waals surface area contributed by atoms with Crippen molar-refractivity contribution in [3.8, 4) is 12.1 Å². The maximum absolute atomic E-state index is 8.79. The van der Waals surface area contributed by atoms with Gasteiger partial charge in [-0.1, -0.05) is 13.3 Å². The van der Waals surface area contributed by atoms with Crippen LogP contribution in [0.2, 0.25) is 0 Å². The number of nitriles is 2. The van der Waals surface area contributed by atoms with E-state index in [4.69, 9.17) is 10.5 Å². The van der Waals surface area contributed by atoms with Gasteiger partial charge in [-0.15, -0.1) is 23.5 Å². The van der Waals surface area contributed by atoms with Gasteiger partial charge in [-0.05, 0) is 6.42 Å². The summed E-state index contributed by atoms with van der Waals surface area (Å²) in [5.74, 6) is 0.965. The lowest BCUT2D eigenvalue weighted by atomic mass is 10.3. The molecule has 4 heteroatoms. The minimum atomic E-state index is 0.516. The molecule has 1 heterocycles. The summed E-state index contributed by atoms with van der Waals surface area (Å²) in [5.41, 5.74) is 0. The van der Waals surface area contributed by atoms with E-state index in [0.29, 0.717) is 15.1 Å². The molecule has 68 valence electrons. The number of allylic oxidation sites excluding steroid dienone is 2. The molecule has 1 unspecified atom stereocenters. The maximum atomic E-state index is 8.79. The van der Waals surface area contributed by atoms with Crippen LogP contribution in [0.15, 0.2) is 9.81 Å². The van der Waals surface area contributed by atoms with Crippen molar-refractivity contribution in [2.24, 2.45) is 0 Å². The Hall–Kier alpha value is -0.580. The predicted molar refractivity (Wildman–Crippen MR) is 57.0 cm³/mol. The SMILES string of the molecule is CCCC1CSC(C#N)=C(C#N)S1. The second-order valence-electron chi connectivity index (χ2n) is 2.72. The molecule has 13 heavy (non-hydrogen) atoms. The van der Waals surface area contributed by atoms with E-state index in [2.05, 4.69) is 19.1 Å². The lowest BCUT2D eigenvalue weighted by molar-refractivity contribution is 0.795. The Balaban J connectivity index is 2.69. The fourth-order valence-corrected chi connectivity index (χ4v) is 3.57. The first kappa shape index (κ1) is 10.5. The van der Waals surface area contributed by atoms with E-state index >= 15 is 0 Å². The molecule has 0 aliphatic carbocycles. The van der Waals surface area contributed by atoms with Crippen molar-refractivity contribution in [1.29, 1.82) is 10.5 Å². The summed E-state index contributed by atoms with van der Waals surface area (Å²) in [7, 11) is 0. The average molecular weight is 210 g/mol. The number of rotatable bonds is 2. The quantitative estimate of drug-likeness (QED) is 0.703. The van der Waals surface area contributed by atoms with Crippen LogP contribution in [0.1, 0.15) is 19.8 Å². The van der Waals surface area contributed by atoms with Crippen molar-refractivity contribution >= 4 is 23.5 Å². The molecule has 1 aliphatic rings. The van der Waals surface area contributed by atoms with E-state index in [1.165, 1.54) is 11.8 Å². The van der Waals surface area contributed by atoms with Gasteiger partial charge in [0.25, 0.3) is 0 Å². The maximum Gasteiger partial charge on any atom is 0.109 e. The molecule has 1 aliphatic heterocycles. The lowest BCUT2D eigenvalue weighted by Gasteiger charge is -2.19. The second kappa shape index (κ2) is 5.21. The van der Waals surface area contributed by atoms with Crippen LogP contribution in [0, 0.1) is 22.7 Å². The molecule has 0 aromatic rings. The van der Waals surface area contributed by atoms with Crippen LogP contribution in [-0.4, -0.2) is 11.0 Å². The molecule has 0 aromatic heterocycles. The van der Waals surface area contributed by atoms with E-state index < -0.39 is 0 Å². The molecule has 0 radical (unpaired) electrons. The summed E-state index contributed by atoms with van der Waals surface area (Å²) in [6.45, 7) is 2.14. The molecule has 2 nitrogen and oxygen atoms in total. The molecule has 1 atom stereocenters. The molecule has 0 fully saturated rings. The van der Waals surface area contributed by atoms with Crippen LogP contribution in [0.25, 0.3) is 0 Å². The van der Waals surface area contributed by atoms with Crippen molar-refractivity contribution < 1.29 is 0 Å². The summed E-state index contributed by atoms with van der Waals surface area (Å²) >= 11 is 3.08. The molecule has 0 N–H and O–H groups in total. The Morgan fingerprint density at radius 3 is 2.62 bits per heavy atom. The fraction of sp³-hybridized carbons (Fsp3) is 0.556. The van der Waals surface area contributed by atoms with Gasteiger partial charge in [-0.3, -0.25) is 0 Å². The monoisotopic (exact) mass is 210 g/mol. The van der Waals surface area contributed by atoms with Gasteiger partial charge in [-0.2, -0.15) is 10.5 Å². The summed E-state index contributed by atoms with van der Waals surface area (Å²) in [6.07, 6.45) is 2.26. The van der Waals surface area contributed by atoms with Gasteiger partial charge in [-0.25, -0.2) is 0 Å². The van der Waals surface area contributed by atoms with Crippen LogP contribution >= 0.6 is 23.5 Å². The smallest absolute Gasteiger partial charge is 0.109 e. The lowest BCUT2D eigenvalue weighted by Crippen LogP contribution is -2.10. The van der Waals surface area contributed by atoms with Crippen molar-refractivity contribution in [2.45, 2.75) is 25.0 Å². The summed E-state index contributed by atoms with van der Waals surface area (Å²) in [4.78, 5) is 1.21. The van der Waals surface area contributed by atoms with Crippen molar-refractivity contribution in [2.75, 3.05) is 5.75 Å². The van der Waals surface area contributed by atoms with Crippen LogP contribution in [0.5, 0.6) is 0 Å². The molecule has 0 bridgehead atoms. The number of hydrogen-bond donors (Lipinski definition) is 0. The molecule has 0 amide bonds. The molecule has 0 spiro atoms. The highest BCUT2D eigenvalue weighted by molar-refractivity contribution is 8.10. The third kappa shape index (κ3) is 2.69. The Bertz CT molecular complexity index is 296. The highest BCUT2D eigenvalue weighted by Gasteiger charge is 2.21. The first-order chi connectivity index (χ1) is 6.31. The third-order valence-electron chi connectivity index (χ3n) is 1.72. The van der Waals surface area contributed by atoms with E-state index in [-0.39, 0.29) is 0 Å². The van der Waals surface area contributed by atoms with Gasteiger partial charge < -0.3 is 0 Å². The Morgan fingerprint density at radius 1 is 1.38 bits per heavy atom. The highest BCUT2D eigenvalue weighted by atomic mass is 32.2. The molecule has 0 aromatic carbocycles. The molecule has 0 saturated carbocycles. The topological polar surface area (TPSA) is 47.6 Å². The van der Waals surface area contributed by atoms with Gasteiger partial charge in [0.15, 0.2) is 0 Å². The Morgan fingerprint density at radius 2 is 2.08 bits per heavy atom. The van der Waals surface area contributed by atoms with Crippen LogP contribution in [0.3, 0.4) is 0 Å². The zero-order valence-electron chi connectivity index (χ0n) is 7.41. The minimum Gasteiger partial charge on any atom is -0.192 e. The van der Waals surface area contributed by atoms with Gasteiger partial charge in [0.2, 0.25) is 0 Å². The van der Waals surface area contributed by atoms with E-state index in [9.17, 15) is 0 Å². The first-order valence-corrected chi connectivity index (χ1v) is 6.02. The van der Waals surface area contributed by atoms with Crippen molar-refractivity contribution in [3.63, 3.8) is 0 Å². The second-order valence-corrected chi connectivity index (χ2v) is 5.06. The van der Waals surface area contributed by atoms with Gasteiger partial charge in [0.05, 0.1) is 0 Å². The molecular formula is C9H10N2S2. The summed E-state index contributed by atoms with van der Waals surface area (Å²) in [5, 5.41) is 18.0. The van der Waals surface area contributed by atoms with E-state index in [1.807, 2.05) is 0 Å². The van der Waals surface area contributed by atoms with Crippen LogP contribution < -0.4 is 0 Å². The Labute approximate surface area is 87.0 Å². The van der Waals surface area contributed by atoms with E-state index in [1.54, 1.807) is 11.8 Å². The third-order valence-corrected chi connectivity index (χ3v) is 4.48. The van der Waals surface area contributed by atoms with Gasteiger partial charge in [0.1, 0.15) is 21.9 Å². The minimum absolute atomic E-state index is 0.516.